The van der Waals surface area contributed by atoms with Gasteiger partial charge in [0, 0.05) is 13.3 Å². The van der Waals surface area contributed by atoms with Crippen molar-refractivity contribution in [1.82, 2.24) is 0 Å². The molecule has 0 aliphatic heterocycles. The molecule has 0 aromatic heterocycles. The smallest absolute Gasteiger partial charge is 0.309 e. The van der Waals surface area contributed by atoms with E-state index in [1.807, 2.05) is 54.6 Å². The van der Waals surface area contributed by atoms with E-state index >= 15 is 0 Å². The van der Waals surface area contributed by atoms with Crippen LogP contribution in [0.4, 0.5) is 0 Å². The molecule has 2 aromatic carbocycles. The van der Waals surface area contributed by atoms with Crippen LogP contribution in [0.3, 0.4) is 0 Å². The van der Waals surface area contributed by atoms with Crippen molar-refractivity contribution >= 4 is 17.7 Å². The van der Waals surface area contributed by atoms with Gasteiger partial charge in [-0.2, -0.15) is 0 Å². The second-order valence-corrected chi connectivity index (χ2v) is 5.26. The maximum atomic E-state index is 11.6. The first-order valence-corrected chi connectivity index (χ1v) is 7.76. The van der Waals surface area contributed by atoms with Crippen LogP contribution in [0.1, 0.15) is 25.3 Å². The van der Waals surface area contributed by atoms with Crippen molar-refractivity contribution < 1.29 is 24.3 Å². The van der Waals surface area contributed by atoms with E-state index in [0.29, 0.717) is 5.71 Å². The van der Waals surface area contributed by atoms with Gasteiger partial charge in [0.25, 0.3) is 0 Å². The monoisotopic (exact) mass is 341 g/mol. The van der Waals surface area contributed by atoms with Crippen LogP contribution in [0.25, 0.3) is 11.1 Å². The molecule has 6 heteroatoms. The Morgan fingerprint density at radius 3 is 2.16 bits per heavy atom. The summed E-state index contributed by atoms with van der Waals surface area (Å²) in [5, 5.41) is 12.5. The SMILES string of the molecule is CC(=O)OCOC(=O)CC/C(=N/O)c1ccc(-c2ccccc2)cc1. The number of nitrogens with zero attached hydrogens (tertiary/aromatic N) is 1. The Labute approximate surface area is 145 Å². The number of esters is 2. The molecule has 0 saturated carbocycles. The molecule has 2 aromatic rings. The van der Waals surface area contributed by atoms with E-state index in [9.17, 15) is 14.8 Å². The summed E-state index contributed by atoms with van der Waals surface area (Å²) in [6, 6.07) is 17.4. The number of rotatable bonds is 7. The normalized spacial score (nSPS) is 11.0. The topological polar surface area (TPSA) is 85.2 Å². The third-order valence-corrected chi connectivity index (χ3v) is 3.49. The van der Waals surface area contributed by atoms with Crippen LogP contribution in [-0.2, 0) is 19.1 Å². The minimum Gasteiger partial charge on any atom is -0.428 e. The Morgan fingerprint density at radius 2 is 1.56 bits per heavy atom. The Hall–Kier alpha value is -3.15. The molecule has 0 amide bonds. The van der Waals surface area contributed by atoms with Crippen molar-refractivity contribution in [2.75, 3.05) is 6.79 Å². The summed E-state index contributed by atoms with van der Waals surface area (Å²) in [5.74, 6) is -1.06. The fraction of sp³-hybridized carbons (Fsp3) is 0.211. The molecule has 0 aliphatic carbocycles. The van der Waals surface area contributed by atoms with Gasteiger partial charge in [-0.1, -0.05) is 59.8 Å². The minimum absolute atomic E-state index is 0.0150. The molecule has 1 N–H and O–H groups in total. The van der Waals surface area contributed by atoms with Crippen LogP contribution >= 0.6 is 0 Å². The van der Waals surface area contributed by atoms with Crippen LogP contribution < -0.4 is 0 Å². The van der Waals surface area contributed by atoms with Crippen molar-refractivity contribution in [2.45, 2.75) is 19.8 Å². The highest BCUT2D eigenvalue weighted by molar-refractivity contribution is 6.01. The van der Waals surface area contributed by atoms with E-state index in [4.69, 9.17) is 4.74 Å². The number of carbonyl (C=O) groups is 2. The third-order valence-electron chi connectivity index (χ3n) is 3.49. The first kappa shape index (κ1) is 18.2. The van der Waals surface area contributed by atoms with Crippen molar-refractivity contribution in [1.29, 1.82) is 0 Å². The van der Waals surface area contributed by atoms with Gasteiger partial charge >= 0.3 is 11.9 Å². The summed E-state index contributed by atoms with van der Waals surface area (Å²) in [6.07, 6.45) is 0.223. The molecule has 6 nitrogen and oxygen atoms in total. The molecule has 0 atom stereocenters. The fourth-order valence-electron chi connectivity index (χ4n) is 2.21. The number of ether oxygens (including phenoxy) is 2. The lowest BCUT2D eigenvalue weighted by Gasteiger charge is -2.07. The Bertz CT molecular complexity index is 738. The zero-order valence-electron chi connectivity index (χ0n) is 13.8. The fourth-order valence-corrected chi connectivity index (χ4v) is 2.21. The molecule has 0 heterocycles. The van der Waals surface area contributed by atoms with Gasteiger partial charge in [-0.05, 0) is 16.7 Å². The first-order chi connectivity index (χ1) is 12.1. The predicted molar refractivity (Wildman–Crippen MR) is 92.2 cm³/mol. The summed E-state index contributed by atoms with van der Waals surface area (Å²) in [7, 11) is 0. The second kappa shape index (κ2) is 9.22. The van der Waals surface area contributed by atoms with E-state index in [2.05, 4.69) is 9.89 Å². The largest absolute Gasteiger partial charge is 0.428 e. The quantitative estimate of drug-likeness (QED) is 0.274. The number of oxime groups is 1. The van der Waals surface area contributed by atoms with E-state index in [1.165, 1.54) is 6.92 Å². The van der Waals surface area contributed by atoms with Crippen molar-refractivity contribution in [3.8, 4) is 11.1 Å². The number of benzene rings is 2. The molecule has 0 aliphatic rings. The lowest BCUT2D eigenvalue weighted by molar-refractivity contribution is -0.165. The van der Waals surface area contributed by atoms with E-state index in [0.717, 1.165) is 16.7 Å². The Balaban J connectivity index is 1.92. The van der Waals surface area contributed by atoms with Gasteiger partial charge in [0.2, 0.25) is 6.79 Å². The van der Waals surface area contributed by atoms with Gasteiger partial charge in [0.1, 0.15) is 0 Å². The highest BCUT2D eigenvalue weighted by Gasteiger charge is 2.10. The van der Waals surface area contributed by atoms with E-state index in [-0.39, 0.29) is 12.8 Å². The summed E-state index contributed by atoms with van der Waals surface area (Å²) < 4.78 is 9.27. The molecule has 0 spiro atoms. The van der Waals surface area contributed by atoms with Crippen molar-refractivity contribution in [3.05, 3.63) is 60.2 Å². The molecule has 2 rings (SSSR count). The second-order valence-electron chi connectivity index (χ2n) is 5.26. The molecule has 0 saturated heterocycles. The summed E-state index contributed by atoms with van der Waals surface area (Å²) in [5.41, 5.74) is 3.23. The molecule has 0 fully saturated rings. The maximum absolute atomic E-state index is 11.6. The molecular formula is C19H19NO5. The minimum atomic E-state index is -0.539. The van der Waals surface area contributed by atoms with Crippen LogP contribution in [0.2, 0.25) is 0 Å². The predicted octanol–water partition coefficient (Wildman–Crippen LogP) is 3.38. The Kier molecular flexibility index (Phi) is 6.71. The molecule has 0 unspecified atom stereocenters. The van der Waals surface area contributed by atoms with Crippen LogP contribution in [0.15, 0.2) is 59.8 Å². The highest BCUT2D eigenvalue weighted by atomic mass is 16.7. The van der Waals surface area contributed by atoms with E-state index in [1.54, 1.807) is 0 Å². The molecular weight excluding hydrogens is 322 g/mol. The van der Waals surface area contributed by atoms with Gasteiger partial charge in [0.05, 0.1) is 12.1 Å². The molecule has 0 radical (unpaired) electrons. The van der Waals surface area contributed by atoms with Gasteiger partial charge in [-0.15, -0.1) is 0 Å². The van der Waals surface area contributed by atoms with Crippen LogP contribution in [-0.4, -0.2) is 29.7 Å². The zero-order chi connectivity index (χ0) is 18.1. The number of hydrogen-bond donors (Lipinski definition) is 1. The third kappa shape index (κ3) is 5.76. The lowest BCUT2D eigenvalue weighted by Crippen LogP contribution is -2.12. The zero-order valence-corrected chi connectivity index (χ0v) is 13.8. The molecule has 0 bridgehead atoms. The summed E-state index contributed by atoms with van der Waals surface area (Å²) in [4.78, 5) is 22.2. The number of hydrogen-bond acceptors (Lipinski definition) is 6. The van der Waals surface area contributed by atoms with E-state index < -0.39 is 18.7 Å². The highest BCUT2D eigenvalue weighted by Crippen LogP contribution is 2.20. The molecule has 130 valence electrons. The lowest BCUT2D eigenvalue weighted by atomic mass is 10.0. The molecule has 25 heavy (non-hydrogen) atoms. The summed E-state index contributed by atoms with van der Waals surface area (Å²) >= 11 is 0. The van der Waals surface area contributed by atoms with Crippen LogP contribution in [0, 0.1) is 0 Å². The first-order valence-electron chi connectivity index (χ1n) is 7.76. The van der Waals surface area contributed by atoms with Crippen LogP contribution in [0.5, 0.6) is 0 Å². The van der Waals surface area contributed by atoms with Gasteiger partial charge in [-0.3, -0.25) is 9.59 Å². The van der Waals surface area contributed by atoms with Crippen molar-refractivity contribution in [3.63, 3.8) is 0 Å². The average molecular weight is 341 g/mol. The van der Waals surface area contributed by atoms with Gasteiger partial charge in [0.15, 0.2) is 0 Å². The van der Waals surface area contributed by atoms with Crippen molar-refractivity contribution in [2.24, 2.45) is 5.16 Å². The maximum Gasteiger partial charge on any atom is 0.309 e. The Morgan fingerprint density at radius 1 is 0.920 bits per heavy atom. The average Bonchev–Trinajstić information content (AvgIpc) is 2.63. The number of carbonyl (C=O) groups excluding carboxylic acids is 2. The van der Waals surface area contributed by atoms with Gasteiger partial charge in [-0.25, -0.2) is 0 Å². The standard InChI is InChI=1S/C19H19NO5/c1-14(21)24-13-25-19(22)12-11-18(20-23)17-9-7-16(8-10-17)15-5-3-2-4-6-15/h2-10,23H,11-13H2,1H3/b20-18-. The summed E-state index contributed by atoms with van der Waals surface area (Å²) in [6.45, 7) is 0.814. The van der Waals surface area contributed by atoms with Gasteiger partial charge < -0.3 is 14.7 Å².